The van der Waals surface area contributed by atoms with Crippen molar-refractivity contribution < 1.29 is 17.9 Å². The highest BCUT2D eigenvalue weighted by atomic mass is 79.9. The lowest BCUT2D eigenvalue weighted by atomic mass is 10.2. The molecule has 0 unspecified atom stereocenters. The highest BCUT2D eigenvalue weighted by Crippen LogP contribution is 2.25. The number of aryl methyl sites for hydroxylation is 1. The zero-order valence-corrected chi connectivity index (χ0v) is 18.5. The molecule has 0 N–H and O–H groups in total. The Balaban J connectivity index is 1.51. The predicted octanol–water partition coefficient (Wildman–Crippen LogP) is 3.28. The molecular weight excluding hydrogens is 456 g/mol. The van der Waals surface area contributed by atoms with Gasteiger partial charge >= 0.3 is 0 Å². The molecule has 3 rings (SSSR count). The van der Waals surface area contributed by atoms with Gasteiger partial charge in [0.2, 0.25) is 10.0 Å². The average Bonchev–Trinajstić information content (AvgIpc) is 2.72. The molecule has 8 heteroatoms. The minimum Gasteiger partial charge on any atom is -0.483 e. The van der Waals surface area contributed by atoms with Crippen molar-refractivity contribution in [3.63, 3.8) is 0 Å². The molecule has 29 heavy (non-hydrogen) atoms. The molecule has 0 radical (unpaired) electrons. The van der Waals surface area contributed by atoms with Crippen LogP contribution in [0.5, 0.6) is 5.75 Å². The van der Waals surface area contributed by atoms with Crippen LogP contribution < -0.4 is 4.74 Å². The van der Waals surface area contributed by atoms with Crippen molar-refractivity contribution in [1.29, 1.82) is 0 Å². The number of amides is 1. The number of ether oxygens (including phenoxy) is 1. The summed E-state index contributed by atoms with van der Waals surface area (Å²) in [5.74, 6) is 0.450. The average molecular weight is 479 g/mol. The Kier molecular flexibility index (Phi) is 7.10. The lowest BCUT2D eigenvalue weighted by Crippen LogP contribution is -2.51. The predicted molar refractivity (Wildman–Crippen MR) is 117 cm³/mol. The molecule has 0 aliphatic carbocycles. The van der Waals surface area contributed by atoms with E-state index in [2.05, 4.69) is 15.9 Å². The van der Waals surface area contributed by atoms with Crippen molar-refractivity contribution in [2.75, 3.05) is 32.8 Å². The van der Waals surface area contributed by atoms with E-state index in [1.807, 2.05) is 55.5 Å². The molecule has 0 saturated carbocycles. The summed E-state index contributed by atoms with van der Waals surface area (Å²) >= 11 is 3.42. The second kappa shape index (κ2) is 9.56. The summed E-state index contributed by atoms with van der Waals surface area (Å²) in [6.45, 7) is 3.11. The summed E-state index contributed by atoms with van der Waals surface area (Å²) < 4.78 is 32.8. The molecule has 6 nitrogen and oxygen atoms in total. The Labute approximate surface area is 180 Å². The summed E-state index contributed by atoms with van der Waals surface area (Å²) in [6, 6.07) is 14.9. The number of hydrogen-bond donors (Lipinski definition) is 0. The van der Waals surface area contributed by atoms with Gasteiger partial charge in [-0.1, -0.05) is 36.4 Å². The van der Waals surface area contributed by atoms with Crippen LogP contribution in [0.3, 0.4) is 0 Å². The maximum absolute atomic E-state index is 12.5. The first kappa shape index (κ1) is 21.5. The zero-order valence-electron chi connectivity index (χ0n) is 16.1. The van der Waals surface area contributed by atoms with Crippen LogP contribution in [0.1, 0.15) is 11.1 Å². The maximum atomic E-state index is 12.5. The minimum absolute atomic E-state index is 0.0810. The minimum atomic E-state index is -3.52. The van der Waals surface area contributed by atoms with Crippen LogP contribution in [-0.4, -0.2) is 56.3 Å². The van der Waals surface area contributed by atoms with Gasteiger partial charge in [0.05, 0.1) is 4.47 Å². The van der Waals surface area contributed by atoms with E-state index in [0.29, 0.717) is 18.8 Å². The van der Waals surface area contributed by atoms with Gasteiger partial charge in [-0.15, -0.1) is 0 Å². The molecule has 154 valence electrons. The second-order valence-electron chi connectivity index (χ2n) is 6.76. The molecule has 1 aliphatic heterocycles. The molecule has 0 spiro atoms. The summed E-state index contributed by atoms with van der Waals surface area (Å²) in [5.41, 5.74) is 1.92. The number of carbonyl (C=O) groups excluding carboxylic acids is 1. The number of rotatable bonds is 6. The Hall–Kier alpha value is -2.16. The largest absolute Gasteiger partial charge is 0.483 e. The van der Waals surface area contributed by atoms with Gasteiger partial charge in [0.1, 0.15) is 5.75 Å². The number of carbonyl (C=O) groups is 1. The molecular formula is C21H23BrN2O4S. The van der Waals surface area contributed by atoms with Gasteiger partial charge in [0.15, 0.2) is 6.61 Å². The zero-order chi connectivity index (χ0) is 20.9. The number of sulfonamides is 1. The fourth-order valence-corrected chi connectivity index (χ4v) is 4.74. The van der Waals surface area contributed by atoms with Crippen LogP contribution in [0, 0.1) is 6.92 Å². The van der Waals surface area contributed by atoms with E-state index in [4.69, 9.17) is 4.74 Å². The van der Waals surface area contributed by atoms with Gasteiger partial charge < -0.3 is 9.64 Å². The van der Waals surface area contributed by atoms with Crippen molar-refractivity contribution in [1.82, 2.24) is 9.21 Å². The number of piperazine rings is 1. The Morgan fingerprint density at radius 2 is 1.79 bits per heavy atom. The number of halogens is 1. The first-order valence-corrected chi connectivity index (χ1v) is 11.5. The standard InChI is InChI=1S/C21H23BrN2O4S/c1-17-7-8-20(19(22)15-17)28-16-21(25)23-10-12-24(13-11-23)29(26,27)14-9-18-5-3-2-4-6-18/h2-9,14-15H,10-13,16H2,1H3. The monoisotopic (exact) mass is 478 g/mol. The second-order valence-corrected chi connectivity index (χ2v) is 9.43. The van der Waals surface area contributed by atoms with Gasteiger partial charge in [-0.25, -0.2) is 8.42 Å². The lowest BCUT2D eigenvalue weighted by Gasteiger charge is -2.33. The van der Waals surface area contributed by atoms with E-state index >= 15 is 0 Å². The van der Waals surface area contributed by atoms with Crippen molar-refractivity contribution in [2.24, 2.45) is 0 Å². The number of hydrogen-bond acceptors (Lipinski definition) is 4. The Morgan fingerprint density at radius 1 is 1.10 bits per heavy atom. The summed E-state index contributed by atoms with van der Waals surface area (Å²) in [6.07, 6.45) is 1.58. The third-order valence-electron chi connectivity index (χ3n) is 4.62. The highest BCUT2D eigenvalue weighted by Gasteiger charge is 2.27. The molecule has 0 bridgehead atoms. The third kappa shape index (κ3) is 5.91. The van der Waals surface area contributed by atoms with Gasteiger partial charge in [-0.3, -0.25) is 4.79 Å². The number of benzene rings is 2. The molecule has 1 saturated heterocycles. The molecule has 1 aliphatic rings. The Morgan fingerprint density at radius 3 is 2.45 bits per heavy atom. The quantitative estimate of drug-likeness (QED) is 0.638. The van der Waals surface area contributed by atoms with E-state index in [1.54, 1.807) is 11.0 Å². The molecule has 0 aromatic heterocycles. The summed E-state index contributed by atoms with van der Waals surface area (Å²) in [5, 5.41) is 1.22. The van der Waals surface area contributed by atoms with E-state index < -0.39 is 10.0 Å². The summed E-state index contributed by atoms with van der Waals surface area (Å²) in [4.78, 5) is 14.1. The number of nitrogens with zero attached hydrogens (tertiary/aromatic N) is 2. The van der Waals surface area contributed by atoms with E-state index in [0.717, 1.165) is 15.6 Å². The SMILES string of the molecule is Cc1ccc(OCC(=O)N2CCN(S(=O)(=O)C=Cc3ccccc3)CC2)c(Br)c1. The fourth-order valence-electron chi connectivity index (χ4n) is 2.96. The van der Waals surface area contributed by atoms with Crippen LogP contribution in [0.25, 0.3) is 6.08 Å². The van der Waals surface area contributed by atoms with Crippen LogP contribution in [0.2, 0.25) is 0 Å². The molecule has 1 amide bonds. The van der Waals surface area contributed by atoms with E-state index in [-0.39, 0.29) is 25.6 Å². The Bertz CT molecular complexity index is 985. The fraction of sp³-hybridized carbons (Fsp3) is 0.286. The topological polar surface area (TPSA) is 66.9 Å². The van der Waals surface area contributed by atoms with Gasteiger partial charge in [0.25, 0.3) is 5.91 Å². The normalized spacial score (nSPS) is 15.6. The smallest absolute Gasteiger partial charge is 0.260 e. The van der Waals surface area contributed by atoms with Crippen LogP contribution in [0.15, 0.2) is 58.4 Å². The maximum Gasteiger partial charge on any atom is 0.260 e. The molecule has 1 fully saturated rings. The van der Waals surface area contributed by atoms with Crippen molar-refractivity contribution in [3.8, 4) is 5.75 Å². The first-order valence-electron chi connectivity index (χ1n) is 9.25. The first-order chi connectivity index (χ1) is 13.8. The van der Waals surface area contributed by atoms with Gasteiger partial charge in [-0.05, 0) is 52.2 Å². The van der Waals surface area contributed by atoms with Gasteiger partial charge in [-0.2, -0.15) is 4.31 Å². The lowest BCUT2D eigenvalue weighted by molar-refractivity contribution is -0.134. The van der Waals surface area contributed by atoms with Crippen LogP contribution in [0.4, 0.5) is 0 Å². The summed E-state index contributed by atoms with van der Waals surface area (Å²) in [7, 11) is -3.52. The van der Waals surface area contributed by atoms with Crippen molar-refractivity contribution in [3.05, 3.63) is 69.5 Å². The van der Waals surface area contributed by atoms with Gasteiger partial charge in [0, 0.05) is 31.6 Å². The van der Waals surface area contributed by atoms with Crippen LogP contribution >= 0.6 is 15.9 Å². The highest BCUT2D eigenvalue weighted by molar-refractivity contribution is 9.10. The molecule has 0 atom stereocenters. The van der Waals surface area contributed by atoms with E-state index in [9.17, 15) is 13.2 Å². The molecule has 2 aromatic rings. The van der Waals surface area contributed by atoms with Crippen molar-refractivity contribution in [2.45, 2.75) is 6.92 Å². The molecule has 1 heterocycles. The van der Waals surface area contributed by atoms with Crippen molar-refractivity contribution >= 4 is 37.9 Å². The van der Waals surface area contributed by atoms with Crippen LogP contribution in [-0.2, 0) is 14.8 Å². The molecule has 2 aromatic carbocycles. The van der Waals surface area contributed by atoms with E-state index in [1.165, 1.54) is 9.71 Å². The third-order valence-corrected chi connectivity index (χ3v) is 6.81.